The molecule has 4 heteroatoms. The first-order valence-corrected chi connectivity index (χ1v) is 12.5. The molecule has 34 heavy (non-hydrogen) atoms. The second kappa shape index (κ2) is 7.63. The fraction of sp³-hybridized carbons (Fsp3) is 0.500. The Labute approximate surface area is 202 Å². The van der Waals surface area contributed by atoms with E-state index in [0.29, 0.717) is 11.5 Å². The molecule has 4 aliphatic rings. The molecule has 7 atom stereocenters. The lowest BCUT2D eigenvalue weighted by Crippen LogP contribution is -2.59. The van der Waals surface area contributed by atoms with Crippen molar-refractivity contribution in [1.82, 2.24) is 0 Å². The van der Waals surface area contributed by atoms with Crippen molar-refractivity contribution in [2.24, 2.45) is 34.5 Å². The van der Waals surface area contributed by atoms with E-state index in [2.05, 4.69) is 39.0 Å². The van der Waals surface area contributed by atoms with Gasteiger partial charge in [0.25, 0.3) is 0 Å². The van der Waals surface area contributed by atoms with Crippen molar-refractivity contribution >= 4 is 17.5 Å². The van der Waals surface area contributed by atoms with Gasteiger partial charge in [-0.2, -0.15) is 0 Å². The van der Waals surface area contributed by atoms with Gasteiger partial charge in [-0.1, -0.05) is 56.7 Å². The first kappa shape index (κ1) is 23.0. The highest BCUT2D eigenvalue weighted by Crippen LogP contribution is 2.68. The van der Waals surface area contributed by atoms with Gasteiger partial charge in [0.05, 0.1) is 5.56 Å². The molecule has 2 fully saturated rings. The van der Waals surface area contributed by atoms with Crippen LogP contribution < -0.4 is 0 Å². The van der Waals surface area contributed by atoms with E-state index in [1.54, 1.807) is 31.2 Å². The lowest BCUT2D eigenvalue weighted by molar-refractivity contribution is -0.163. The molecule has 0 aliphatic heterocycles. The number of Topliss-reactive ketones (excluding diaryl/α,β-unsaturated/α-hetero) is 1. The summed E-state index contributed by atoms with van der Waals surface area (Å²) in [5.41, 5.74) is 0.860. The molecule has 0 bridgehead atoms. The van der Waals surface area contributed by atoms with E-state index >= 15 is 0 Å². The van der Waals surface area contributed by atoms with Crippen LogP contribution in [0.2, 0.25) is 0 Å². The number of rotatable bonds is 3. The zero-order chi connectivity index (χ0) is 24.5. The van der Waals surface area contributed by atoms with Gasteiger partial charge in [0.2, 0.25) is 0 Å². The van der Waals surface area contributed by atoms with Crippen LogP contribution in [0.15, 0.2) is 60.2 Å². The van der Waals surface area contributed by atoms with E-state index in [-0.39, 0.29) is 34.7 Å². The number of aryl methyl sites for hydroxylation is 1. The van der Waals surface area contributed by atoms with Gasteiger partial charge in [0.1, 0.15) is 0 Å². The highest BCUT2D eigenvalue weighted by atomic mass is 16.6. The number of fused-ring (bicyclic) bond motifs is 5. The van der Waals surface area contributed by atoms with Crippen molar-refractivity contribution in [3.63, 3.8) is 0 Å². The van der Waals surface area contributed by atoms with Crippen LogP contribution in [0.1, 0.15) is 62.9 Å². The lowest BCUT2D eigenvalue weighted by atomic mass is 9.48. The number of carbonyl (C=O) groups is 3. The molecule has 0 unspecified atom stereocenters. The minimum absolute atomic E-state index is 0.0457. The van der Waals surface area contributed by atoms with Gasteiger partial charge in [-0.05, 0) is 80.7 Å². The number of carbonyl (C=O) groups excluding carboxylic acids is 3. The molecule has 0 spiro atoms. The fourth-order valence-corrected chi connectivity index (χ4v) is 7.92. The molecule has 1 aromatic rings. The molecular weight excluding hydrogens is 424 g/mol. The Morgan fingerprint density at radius 3 is 2.44 bits per heavy atom. The Bertz CT molecular complexity index is 1150. The van der Waals surface area contributed by atoms with E-state index in [1.807, 2.05) is 19.1 Å². The Balaban J connectivity index is 1.54. The number of hydrogen-bond donors (Lipinski definition) is 0. The highest BCUT2D eigenvalue weighted by Gasteiger charge is 2.70. The van der Waals surface area contributed by atoms with Gasteiger partial charge in [-0.15, -0.1) is 0 Å². The second-order valence-electron chi connectivity index (χ2n) is 11.4. The quantitative estimate of drug-likeness (QED) is 0.536. The summed E-state index contributed by atoms with van der Waals surface area (Å²) in [7, 11) is 0. The van der Waals surface area contributed by atoms with Crippen LogP contribution in [-0.2, 0) is 14.3 Å². The van der Waals surface area contributed by atoms with Crippen molar-refractivity contribution in [3.05, 3.63) is 71.3 Å². The van der Waals surface area contributed by atoms with Crippen LogP contribution in [0.5, 0.6) is 0 Å². The number of benzene rings is 1. The summed E-state index contributed by atoms with van der Waals surface area (Å²) < 4.78 is 6.31. The van der Waals surface area contributed by atoms with Crippen LogP contribution >= 0.6 is 0 Å². The maximum atomic E-state index is 13.4. The fourth-order valence-electron chi connectivity index (χ4n) is 7.92. The summed E-state index contributed by atoms with van der Waals surface area (Å²) in [4.78, 5) is 38.7. The van der Waals surface area contributed by atoms with Crippen molar-refractivity contribution < 1.29 is 19.1 Å². The number of ether oxygens (including phenoxy) is 1. The van der Waals surface area contributed by atoms with Crippen molar-refractivity contribution in [3.8, 4) is 0 Å². The highest BCUT2D eigenvalue weighted by molar-refractivity contribution is 6.01. The predicted octanol–water partition coefficient (Wildman–Crippen LogP) is 5.81. The molecule has 1 aromatic carbocycles. The maximum absolute atomic E-state index is 13.4. The average molecular weight is 459 g/mol. The molecule has 0 aromatic heterocycles. The third-order valence-electron chi connectivity index (χ3n) is 9.72. The molecule has 4 aliphatic carbocycles. The normalized spacial score (nSPS) is 40.1. The number of hydrogen-bond acceptors (Lipinski definition) is 4. The van der Waals surface area contributed by atoms with E-state index in [0.717, 1.165) is 30.4 Å². The smallest absolute Gasteiger partial charge is 0.339 e. The number of ketones is 2. The van der Waals surface area contributed by atoms with Gasteiger partial charge in [0, 0.05) is 16.7 Å². The summed E-state index contributed by atoms with van der Waals surface area (Å²) >= 11 is 0. The molecule has 178 valence electrons. The third-order valence-corrected chi connectivity index (χ3v) is 9.72. The molecule has 2 saturated carbocycles. The molecule has 0 N–H and O–H groups in total. The topological polar surface area (TPSA) is 60.4 Å². The molecule has 0 heterocycles. The monoisotopic (exact) mass is 458 g/mol. The van der Waals surface area contributed by atoms with Gasteiger partial charge in [-0.3, -0.25) is 9.59 Å². The predicted molar refractivity (Wildman–Crippen MR) is 131 cm³/mol. The summed E-state index contributed by atoms with van der Waals surface area (Å²) in [5, 5.41) is 0. The van der Waals surface area contributed by atoms with Crippen molar-refractivity contribution in [2.75, 3.05) is 0 Å². The molecule has 4 nitrogen and oxygen atoms in total. The molecule has 5 rings (SSSR count). The third kappa shape index (κ3) is 3.00. The molecule has 0 saturated heterocycles. The Morgan fingerprint density at radius 2 is 1.76 bits per heavy atom. The second-order valence-corrected chi connectivity index (χ2v) is 11.4. The van der Waals surface area contributed by atoms with Crippen LogP contribution in [-0.4, -0.2) is 23.1 Å². The van der Waals surface area contributed by atoms with Crippen LogP contribution in [0.25, 0.3) is 0 Å². The zero-order valence-corrected chi connectivity index (χ0v) is 20.8. The van der Waals surface area contributed by atoms with Gasteiger partial charge in [0.15, 0.2) is 17.2 Å². The average Bonchev–Trinajstić information content (AvgIpc) is 3.02. The van der Waals surface area contributed by atoms with E-state index in [9.17, 15) is 14.4 Å². The molecule has 0 radical (unpaired) electrons. The van der Waals surface area contributed by atoms with Crippen LogP contribution in [0.3, 0.4) is 0 Å². The lowest BCUT2D eigenvalue weighted by Gasteiger charge is -2.56. The number of esters is 1. The summed E-state index contributed by atoms with van der Waals surface area (Å²) in [6, 6.07) is 7.34. The van der Waals surface area contributed by atoms with Crippen molar-refractivity contribution in [1.29, 1.82) is 0 Å². The maximum Gasteiger partial charge on any atom is 0.339 e. The Morgan fingerprint density at radius 1 is 1.06 bits per heavy atom. The number of allylic oxidation sites excluding steroid dienone is 6. The van der Waals surface area contributed by atoms with Crippen LogP contribution in [0.4, 0.5) is 0 Å². The van der Waals surface area contributed by atoms with E-state index in [1.165, 1.54) is 0 Å². The van der Waals surface area contributed by atoms with E-state index < -0.39 is 17.0 Å². The standard InChI is InChI=1S/C30H34O4/c1-18-6-8-21(9-7-18)27(33)34-30(20(3)31)19(2)16-26-24-11-10-22-17-23(32)12-14-28(22,4)25(24)13-15-29(26,30)5/h6-12,14,17,19,24-26H,13,15-16H2,1-5H3/t19-,24+,25-,26-,28-,29-,30-/m0/s1. The summed E-state index contributed by atoms with van der Waals surface area (Å²) in [6.45, 7) is 10.0. The first-order chi connectivity index (χ1) is 16.0. The molecule has 0 amide bonds. The SMILES string of the molecule is CC(=O)[C@@]1(OC(=O)c2ccc(C)cc2)[C@@H](C)C[C@H]2[C@@H]3C=CC4=CC(=O)C=C[C@]4(C)[C@H]3CC[C@@]21C. The van der Waals surface area contributed by atoms with E-state index in [4.69, 9.17) is 4.74 Å². The van der Waals surface area contributed by atoms with Crippen molar-refractivity contribution in [2.45, 2.75) is 59.5 Å². The van der Waals surface area contributed by atoms with Gasteiger partial charge >= 0.3 is 5.97 Å². The molecular formula is C30H34O4. The minimum Gasteiger partial charge on any atom is -0.447 e. The first-order valence-electron chi connectivity index (χ1n) is 12.5. The van der Waals surface area contributed by atoms with Gasteiger partial charge < -0.3 is 4.74 Å². The summed E-state index contributed by atoms with van der Waals surface area (Å²) in [5.74, 6) is 0.333. The Kier molecular flexibility index (Phi) is 5.16. The largest absolute Gasteiger partial charge is 0.447 e. The Hall–Kier alpha value is -2.75. The zero-order valence-electron chi connectivity index (χ0n) is 20.8. The van der Waals surface area contributed by atoms with Gasteiger partial charge in [-0.25, -0.2) is 4.79 Å². The summed E-state index contributed by atoms with van der Waals surface area (Å²) in [6.07, 6.45) is 12.5. The minimum atomic E-state index is -1.15. The van der Waals surface area contributed by atoms with Crippen LogP contribution in [0, 0.1) is 41.4 Å².